The summed E-state index contributed by atoms with van der Waals surface area (Å²) in [6.07, 6.45) is 2.64. The van der Waals surface area contributed by atoms with E-state index < -0.39 is 0 Å². The second-order valence-electron chi connectivity index (χ2n) is 5.03. The van der Waals surface area contributed by atoms with Gasteiger partial charge in [-0.15, -0.1) is 17.5 Å². The predicted molar refractivity (Wildman–Crippen MR) is 81.7 cm³/mol. The minimum absolute atomic E-state index is 0. The van der Waals surface area contributed by atoms with Crippen LogP contribution in [0.25, 0.3) is 5.69 Å². The van der Waals surface area contributed by atoms with Crippen molar-refractivity contribution in [1.29, 1.82) is 0 Å². The van der Waals surface area contributed by atoms with Crippen LogP contribution in [0.3, 0.4) is 0 Å². The lowest BCUT2D eigenvalue weighted by molar-refractivity contribution is 0.0782. The summed E-state index contributed by atoms with van der Waals surface area (Å²) in [6.45, 7) is 2.09. The van der Waals surface area contributed by atoms with Gasteiger partial charge in [-0.3, -0.25) is 4.79 Å². The van der Waals surface area contributed by atoms with E-state index in [1.54, 1.807) is 15.8 Å². The van der Waals surface area contributed by atoms with Gasteiger partial charge in [-0.05, 0) is 31.0 Å². The van der Waals surface area contributed by atoms with Crippen molar-refractivity contribution in [2.75, 3.05) is 19.6 Å². The highest BCUT2D eigenvalue weighted by Crippen LogP contribution is 2.17. The summed E-state index contributed by atoms with van der Waals surface area (Å²) in [4.78, 5) is 14.1. The minimum atomic E-state index is -0.0665. The molecule has 1 atom stereocenters. The van der Waals surface area contributed by atoms with Crippen molar-refractivity contribution in [2.24, 2.45) is 11.7 Å². The number of aromatic nitrogens is 3. The van der Waals surface area contributed by atoms with Crippen LogP contribution in [-0.4, -0.2) is 45.4 Å². The fourth-order valence-corrected chi connectivity index (χ4v) is 2.44. The molecule has 0 radical (unpaired) electrons. The molecule has 1 aromatic heterocycles. The molecular formula is C14H18ClN5O. The van der Waals surface area contributed by atoms with E-state index in [0.717, 1.165) is 18.7 Å². The van der Waals surface area contributed by atoms with Crippen molar-refractivity contribution in [3.8, 4) is 5.69 Å². The standard InChI is InChI=1S/C14H17N5O.ClH/c15-8-11-6-7-18(9-11)14(20)13-10-19(17-16-13)12-4-2-1-3-5-12;/h1-5,10-11H,6-9,15H2;1H. The van der Waals surface area contributed by atoms with Gasteiger partial charge in [0.1, 0.15) is 0 Å². The number of nitrogens with zero attached hydrogens (tertiary/aromatic N) is 4. The maximum absolute atomic E-state index is 12.3. The Morgan fingerprint density at radius 3 is 2.76 bits per heavy atom. The van der Waals surface area contributed by atoms with Crippen LogP contribution in [0.15, 0.2) is 36.5 Å². The van der Waals surface area contributed by atoms with Gasteiger partial charge in [0, 0.05) is 13.1 Å². The Morgan fingerprint density at radius 2 is 2.10 bits per heavy atom. The summed E-state index contributed by atoms with van der Waals surface area (Å²) in [6, 6.07) is 9.62. The second-order valence-corrected chi connectivity index (χ2v) is 5.03. The van der Waals surface area contributed by atoms with Crippen LogP contribution in [0.4, 0.5) is 0 Å². The highest BCUT2D eigenvalue weighted by Gasteiger charge is 2.27. The average Bonchev–Trinajstić information content (AvgIpc) is 3.17. The quantitative estimate of drug-likeness (QED) is 0.921. The Morgan fingerprint density at radius 1 is 1.33 bits per heavy atom. The number of benzene rings is 1. The molecule has 0 saturated carbocycles. The summed E-state index contributed by atoms with van der Waals surface area (Å²) >= 11 is 0. The van der Waals surface area contributed by atoms with Crippen molar-refractivity contribution >= 4 is 18.3 Å². The molecule has 1 unspecified atom stereocenters. The van der Waals surface area contributed by atoms with Crippen LogP contribution in [0.5, 0.6) is 0 Å². The smallest absolute Gasteiger partial charge is 0.276 e. The van der Waals surface area contributed by atoms with Crippen molar-refractivity contribution in [1.82, 2.24) is 19.9 Å². The zero-order chi connectivity index (χ0) is 13.9. The summed E-state index contributed by atoms with van der Waals surface area (Å²) in [7, 11) is 0. The van der Waals surface area contributed by atoms with Crippen molar-refractivity contribution in [3.63, 3.8) is 0 Å². The van der Waals surface area contributed by atoms with Gasteiger partial charge in [0.15, 0.2) is 5.69 Å². The molecule has 112 valence electrons. The molecule has 1 amide bonds. The highest BCUT2D eigenvalue weighted by atomic mass is 35.5. The molecule has 2 heterocycles. The van der Waals surface area contributed by atoms with Gasteiger partial charge in [0.05, 0.1) is 11.9 Å². The van der Waals surface area contributed by atoms with Gasteiger partial charge >= 0.3 is 0 Å². The normalized spacial score (nSPS) is 17.6. The van der Waals surface area contributed by atoms with Gasteiger partial charge in [0.2, 0.25) is 0 Å². The van der Waals surface area contributed by atoms with Gasteiger partial charge in [-0.25, -0.2) is 4.68 Å². The lowest BCUT2D eigenvalue weighted by Gasteiger charge is -2.13. The molecular weight excluding hydrogens is 290 g/mol. The van der Waals surface area contributed by atoms with Crippen LogP contribution in [0.1, 0.15) is 16.9 Å². The Bertz CT molecular complexity index is 600. The molecule has 21 heavy (non-hydrogen) atoms. The Labute approximate surface area is 129 Å². The number of hydrogen-bond acceptors (Lipinski definition) is 4. The molecule has 7 heteroatoms. The van der Waals surface area contributed by atoms with E-state index in [4.69, 9.17) is 5.73 Å². The third kappa shape index (κ3) is 3.22. The molecule has 6 nitrogen and oxygen atoms in total. The number of rotatable bonds is 3. The molecule has 1 saturated heterocycles. The second kappa shape index (κ2) is 6.69. The van der Waals surface area contributed by atoms with E-state index in [9.17, 15) is 4.79 Å². The topological polar surface area (TPSA) is 77.0 Å². The number of amides is 1. The van der Waals surface area contributed by atoms with E-state index >= 15 is 0 Å². The molecule has 1 aliphatic heterocycles. The molecule has 0 aliphatic carbocycles. The summed E-state index contributed by atoms with van der Waals surface area (Å²) < 4.78 is 1.61. The molecule has 2 aromatic rings. The zero-order valence-corrected chi connectivity index (χ0v) is 12.4. The number of carbonyl (C=O) groups is 1. The van der Waals surface area contributed by atoms with Gasteiger partial charge in [-0.2, -0.15) is 0 Å². The average molecular weight is 308 g/mol. The van der Waals surface area contributed by atoms with E-state index in [1.807, 2.05) is 30.3 Å². The number of hydrogen-bond donors (Lipinski definition) is 1. The maximum Gasteiger partial charge on any atom is 0.276 e. The first kappa shape index (κ1) is 15.5. The van der Waals surface area contributed by atoms with Crippen LogP contribution in [0, 0.1) is 5.92 Å². The number of nitrogens with two attached hydrogens (primary N) is 1. The Kier molecular flexibility index (Phi) is 4.93. The Hall–Kier alpha value is -1.92. The van der Waals surface area contributed by atoms with Gasteiger partial charge < -0.3 is 10.6 Å². The molecule has 3 rings (SSSR count). The van der Waals surface area contributed by atoms with Crippen LogP contribution >= 0.6 is 12.4 Å². The van der Waals surface area contributed by atoms with E-state index in [2.05, 4.69) is 10.3 Å². The highest BCUT2D eigenvalue weighted by molar-refractivity contribution is 5.92. The third-order valence-electron chi connectivity index (χ3n) is 3.64. The molecule has 0 bridgehead atoms. The van der Waals surface area contributed by atoms with Crippen LogP contribution in [-0.2, 0) is 0 Å². The fourth-order valence-electron chi connectivity index (χ4n) is 2.44. The van der Waals surface area contributed by atoms with Gasteiger partial charge in [-0.1, -0.05) is 23.4 Å². The molecule has 1 fully saturated rings. The fraction of sp³-hybridized carbons (Fsp3) is 0.357. The van der Waals surface area contributed by atoms with Crippen molar-refractivity contribution in [3.05, 3.63) is 42.2 Å². The van der Waals surface area contributed by atoms with Crippen LogP contribution < -0.4 is 5.73 Å². The van der Waals surface area contributed by atoms with Gasteiger partial charge in [0.25, 0.3) is 5.91 Å². The number of halogens is 1. The number of likely N-dealkylation sites (tertiary alicyclic amines) is 1. The van der Waals surface area contributed by atoms with E-state index in [1.165, 1.54) is 0 Å². The molecule has 2 N–H and O–H groups in total. The first-order chi connectivity index (χ1) is 9.78. The first-order valence-corrected chi connectivity index (χ1v) is 6.75. The van der Waals surface area contributed by atoms with E-state index in [0.29, 0.717) is 24.7 Å². The largest absolute Gasteiger partial charge is 0.337 e. The SMILES string of the molecule is Cl.NCC1CCN(C(=O)c2cn(-c3ccccc3)nn2)C1. The van der Waals surface area contributed by atoms with Crippen molar-refractivity contribution < 1.29 is 4.79 Å². The lowest BCUT2D eigenvalue weighted by Crippen LogP contribution is -2.30. The Balaban J connectivity index is 0.00000161. The van der Waals surface area contributed by atoms with Crippen molar-refractivity contribution in [2.45, 2.75) is 6.42 Å². The summed E-state index contributed by atoms with van der Waals surface area (Å²) in [5, 5.41) is 7.99. The summed E-state index contributed by atoms with van der Waals surface area (Å²) in [5.41, 5.74) is 6.92. The van der Waals surface area contributed by atoms with Crippen LogP contribution in [0.2, 0.25) is 0 Å². The maximum atomic E-state index is 12.3. The molecule has 1 aliphatic rings. The minimum Gasteiger partial charge on any atom is -0.337 e. The van der Waals surface area contributed by atoms with E-state index in [-0.39, 0.29) is 18.3 Å². The predicted octanol–water partition coefficient (Wildman–Crippen LogP) is 1.11. The molecule has 0 spiro atoms. The lowest BCUT2D eigenvalue weighted by atomic mass is 10.1. The molecule has 1 aromatic carbocycles. The zero-order valence-electron chi connectivity index (χ0n) is 11.6. The third-order valence-corrected chi connectivity index (χ3v) is 3.64. The summed E-state index contributed by atoms with van der Waals surface area (Å²) in [5.74, 6) is 0.339. The first-order valence-electron chi connectivity index (χ1n) is 6.75. The monoisotopic (exact) mass is 307 g/mol. The number of para-hydroxylation sites is 1. The number of carbonyl (C=O) groups excluding carboxylic acids is 1.